The van der Waals surface area contributed by atoms with Gasteiger partial charge in [-0.15, -0.1) is 11.3 Å². The normalized spacial score (nSPS) is 19.3. The number of nitrogens with zero attached hydrogens (tertiary/aromatic N) is 2. The molecule has 1 fully saturated rings. The third-order valence-corrected chi connectivity index (χ3v) is 6.83. The number of likely N-dealkylation sites (tertiary alicyclic amines) is 1. The molecule has 2 aromatic rings. The highest BCUT2D eigenvalue weighted by atomic mass is 32.1. The van der Waals surface area contributed by atoms with Crippen LogP contribution in [0, 0.1) is 5.92 Å². The average Bonchev–Trinajstić information content (AvgIpc) is 3.36. The lowest BCUT2D eigenvalue weighted by Gasteiger charge is -2.34. The summed E-state index contributed by atoms with van der Waals surface area (Å²) in [7, 11) is 0. The molecule has 5 nitrogen and oxygen atoms in total. The molecule has 1 aliphatic heterocycles. The van der Waals surface area contributed by atoms with Crippen LogP contribution in [0.2, 0.25) is 0 Å². The lowest BCUT2D eigenvalue weighted by atomic mass is 9.90. The summed E-state index contributed by atoms with van der Waals surface area (Å²) < 4.78 is 0. The van der Waals surface area contributed by atoms with Crippen LogP contribution < -0.4 is 0 Å². The zero-order valence-corrected chi connectivity index (χ0v) is 15.9. The maximum Gasteiger partial charge on any atom is 0.222 e. The smallest absolute Gasteiger partial charge is 0.222 e. The average molecular weight is 374 g/mol. The minimum Gasteiger partial charge on any atom is -0.387 e. The maximum atomic E-state index is 12.6. The number of hydrogen-bond donors (Lipinski definition) is 2. The van der Waals surface area contributed by atoms with E-state index in [9.17, 15) is 9.90 Å². The van der Waals surface area contributed by atoms with Crippen LogP contribution in [0.25, 0.3) is 0 Å². The first-order valence-corrected chi connectivity index (χ1v) is 10.6. The van der Waals surface area contributed by atoms with E-state index in [1.54, 1.807) is 11.3 Å². The molecule has 4 rings (SSSR count). The second-order valence-electron chi connectivity index (χ2n) is 7.51. The summed E-state index contributed by atoms with van der Waals surface area (Å²) in [6, 6.07) is 3.98. The Morgan fingerprint density at radius 1 is 1.35 bits per heavy atom. The molecule has 0 bridgehead atoms. The Morgan fingerprint density at radius 3 is 2.92 bits per heavy atom. The van der Waals surface area contributed by atoms with Crippen LogP contribution in [0.5, 0.6) is 0 Å². The third kappa shape index (κ3) is 3.71. The summed E-state index contributed by atoms with van der Waals surface area (Å²) in [6.45, 7) is 1.51. The number of fused-ring (bicyclic) bond motifs is 1. The molecule has 140 valence electrons. The van der Waals surface area contributed by atoms with Gasteiger partial charge in [0.15, 0.2) is 0 Å². The predicted octanol–water partition coefficient (Wildman–Crippen LogP) is 3.25. The van der Waals surface area contributed by atoms with Crippen LogP contribution >= 0.6 is 11.3 Å². The third-order valence-electron chi connectivity index (χ3n) is 5.89. The van der Waals surface area contributed by atoms with Gasteiger partial charge in [0.2, 0.25) is 5.91 Å². The molecule has 1 aliphatic carbocycles. The molecule has 6 heteroatoms. The summed E-state index contributed by atoms with van der Waals surface area (Å²) in [5.74, 6) is 0.484. The van der Waals surface area contributed by atoms with Crippen LogP contribution in [0.15, 0.2) is 17.5 Å². The highest BCUT2D eigenvalue weighted by Gasteiger charge is 2.28. The van der Waals surface area contributed by atoms with E-state index in [4.69, 9.17) is 0 Å². The number of piperidine rings is 1. The summed E-state index contributed by atoms with van der Waals surface area (Å²) >= 11 is 1.61. The van der Waals surface area contributed by atoms with Crippen molar-refractivity contribution in [2.45, 2.75) is 57.5 Å². The quantitative estimate of drug-likeness (QED) is 0.845. The van der Waals surface area contributed by atoms with E-state index >= 15 is 0 Å². The van der Waals surface area contributed by atoms with Gasteiger partial charge in [0.25, 0.3) is 0 Å². The molecule has 2 aliphatic rings. The van der Waals surface area contributed by atoms with Gasteiger partial charge in [-0.25, -0.2) is 0 Å². The van der Waals surface area contributed by atoms with Crippen molar-refractivity contribution in [3.05, 3.63) is 39.3 Å². The first kappa shape index (κ1) is 17.7. The molecule has 0 saturated carbocycles. The Morgan fingerprint density at radius 2 is 2.15 bits per heavy atom. The van der Waals surface area contributed by atoms with Crippen molar-refractivity contribution < 1.29 is 9.90 Å². The lowest BCUT2D eigenvalue weighted by Crippen LogP contribution is -2.39. The lowest BCUT2D eigenvalue weighted by molar-refractivity contribution is -0.133. The number of aromatic nitrogens is 2. The van der Waals surface area contributed by atoms with Gasteiger partial charge in [0, 0.05) is 36.5 Å². The summed E-state index contributed by atoms with van der Waals surface area (Å²) in [4.78, 5) is 15.6. The molecule has 2 N–H and O–H groups in total. The van der Waals surface area contributed by atoms with Crippen molar-refractivity contribution in [3.8, 4) is 0 Å². The van der Waals surface area contributed by atoms with Crippen molar-refractivity contribution in [1.82, 2.24) is 15.1 Å². The molecule has 26 heavy (non-hydrogen) atoms. The van der Waals surface area contributed by atoms with E-state index < -0.39 is 0 Å². The molecule has 1 unspecified atom stereocenters. The van der Waals surface area contributed by atoms with Gasteiger partial charge in [-0.2, -0.15) is 5.10 Å². The fourth-order valence-electron chi connectivity index (χ4n) is 4.30. The number of aromatic amines is 1. The number of aryl methyl sites for hydroxylation is 2. The van der Waals surface area contributed by atoms with E-state index in [2.05, 4.69) is 10.2 Å². The first-order chi connectivity index (χ1) is 12.7. The van der Waals surface area contributed by atoms with Gasteiger partial charge < -0.3 is 10.0 Å². The molecular formula is C20H27N3O2S. The van der Waals surface area contributed by atoms with Crippen LogP contribution in [-0.4, -0.2) is 39.2 Å². The Kier molecular flexibility index (Phi) is 5.41. The monoisotopic (exact) mass is 373 g/mol. The van der Waals surface area contributed by atoms with E-state index in [-0.39, 0.29) is 17.9 Å². The number of amides is 1. The molecule has 2 aromatic heterocycles. The minimum atomic E-state index is -0.386. The van der Waals surface area contributed by atoms with E-state index in [0.717, 1.165) is 55.8 Å². The van der Waals surface area contributed by atoms with Crippen molar-refractivity contribution in [2.24, 2.45) is 5.92 Å². The highest BCUT2D eigenvalue weighted by Crippen LogP contribution is 2.33. The number of hydrogen-bond acceptors (Lipinski definition) is 4. The highest BCUT2D eigenvalue weighted by molar-refractivity contribution is 7.10. The number of H-pyrrole nitrogens is 1. The molecule has 0 aromatic carbocycles. The largest absolute Gasteiger partial charge is 0.387 e. The minimum absolute atomic E-state index is 0.224. The van der Waals surface area contributed by atoms with Gasteiger partial charge in [0.1, 0.15) is 0 Å². The molecule has 3 heterocycles. The molecular weight excluding hydrogens is 346 g/mol. The zero-order chi connectivity index (χ0) is 17.9. The summed E-state index contributed by atoms with van der Waals surface area (Å²) in [6.07, 6.45) is 7.30. The van der Waals surface area contributed by atoms with Crippen molar-refractivity contribution in [1.29, 1.82) is 0 Å². The number of aliphatic hydroxyl groups is 1. The molecule has 0 spiro atoms. The van der Waals surface area contributed by atoms with Crippen molar-refractivity contribution >= 4 is 17.2 Å². The number of nitrogens with one attached hydrogen (secondary N) is 1. The standard InChI is InChI=1S/C20H27N3O2S/c24-19(8-7-17-15-4-1-2-5-16(15)21-22-17)23-11-9-14(10-12-23)20(25)18-6-3-13-26-18/h3,6,13-14,20,25H,1-2,4-5,7-12H2,(H,21,22). The predicted molar refractivity (Wildman–Crippen MR) is 102 cm³/mol. The van der Waals surface area contributed by atoms with E-state index in [1.165, 1.54) is 24.1 Å². The number of carbonyl (C=O) groups is 1. The van der Waals surface area contributed by atoms with E-state index in [0.29, 0.717) is 6.42 Å². The fourth-order valence-corrected chi connectivity index (χ4v) is 5.10. The van der Waals surface area contributed by atoms with Crippen molar-refractivity contribution in [2.75, 3.05) is 13.1 Å². The molecule has 1 saturated heterocycles. The Bertz CT molecular complexity index is 732. The second-order valence-corrected chi connectivity index (χ2v) is 8.49. The Balaban J connectivity index is 1.27. The topological polar surface area (TPSA) is 69.2 Å². The zero-order valence-electron chi connectivity index (χ0n) is 15.1. The Hall–Kier alpha value is -1.66. The number of aliphatic hydroxyl groups excluding tert-OH is 1. The number of thiophene rings is 1. The molecule has 0 radical (unpaired) electrons. The van der Waals surface area contributed by atoms with Crippen LogP contribution in [0.1, 0.15) is 60.0 Å². The summed E-state index contributed by atoms with van der Waals surface area (Å²) in [5.41, 5.74) is 3.74. The van der Waals surface area contributed by atoms with E-state index in [1.807, 2.05) is 22.4 Å². The maximum absolute atomic E-state index is 12.6. The first-order valence-electron chi connectivity index (χ1n) is 9.76. The van der Waals surface area contributed by atoms with Gasteiger partial charge >= 0.3 is 0 Å². The van der Waals surface area contributed by atoms with Crippen LogP contribution in [0.3, 0.4) is 0 Å². The van der Waals surface area contributed by atoms with Gasteiger partial charge in [0.05, 0.1) is 11.8 Å². The molecule has 1 atom stereocenters. The van der Waals surface area contributed by atoms with Crippen LogP contribution in [-0.2, 0) is 24.1 Å². The van der Waals surface area contributed by atoms with Gasteiger partial charge in [-0.1, -0.05) is 6.07 Å². The Labute approximate surface area is 158 Å². The SMILES string of the molecule is O=C(CCc1n[nH]c2c1CCCC2)N1CCC(C(O)c2cccs2)CC1. The fraction of sp³-hybridized carbons (Fsp3) is 0.600. The summed E-state index contributed by atoms with van der Waals surface area (Å²) in [5, 5.41) is 20.1. The van der Waals surface area contributed by atoms with Crippen LogP contribution in [0.4, 0.5) is 0 Å². The van der Waals surface area contributed by atoms with Gasteiger partial charge in [-0.05, 0) is 61.5 Å². The number of rotatable bonds is 5. The molecule has 1 amide bonds. The number of carbonyl (C=O) groups excluding carboxylic acids is 1. The second kappa shape index (κ2) is 7.92. The van der Waals surface area contributed by atoms with Crippen molar-refractivity contribution in [3.63, 3.8) is 0 Å². The van der Waals surface area contributed by atoms with Gasteiger partial charge in [-0.3, -0.25) is 9.89 Å².